The number of amides is 2. The Labute approximate surface area is 167 Å². The van der Waals surface area contributed by atoms with E-state index in [1.54, 1.807) is 24.3 Å². The predicted octanol–water partition coefficient (Wildman–Crippen LogP) is 4.59. The Bertz CT molecular complexity index is 929. The number of hydrogen-bond acceptors (Lipinski definition) is 3. The maximum Gasteiger partial charge on any atom is 0.270 e. The molecule has 2 aromatic carbocycles. The normalized spacial score (nSPS) is 16.4. The quantitative estimate of drug-likeness (QED) is 0.409. The van der Waals surface area contributed by atoms with E-state index in [1.807, 2.05) is 12.1 Å². The first-order chi connectivity index (χ1) is 11.9. The highest BCUT2D eigenvalue weighted by molar-refractivity contribution is 9.10. The fourth-order valence-electron chi connectivity index (χ4n) is 2.26. The maximum atomic E-state index is 12.9. The summed E-state index contributed by atoms with van der Waals surface area (Å²) in [6, 6.07) is 11.9. The second-order valence-electron chi connectivity index (χ2n) is 5.11. The minimum absolute atomic E-state index is 0.0350. The lowest BCUT2D eigenvalue weighted by Gasteiger charge is -2.29. The zero-order valence-electron chi connectivity index (χ0n) is 12.4. The summed E-state index contributed by atoms with van der Waals surface area (Å²) < 4.78 is 0.893. The largest absolute Gasteiger partial charge is 0.298 e. The number of thiocarbonyl (C=S) groups is 1. The molecule has 0 atom stereocenters. The van der Waals surface area contributed by atoms with Gasteiger partial charge in [0, 0.05) is 9.50 Å². The number of hydrogen-bond donors (Lipinski definition) is 1. The van der Waals surface area contributed by atoms with Crippen molar-refractivity contribution in [2.45, 2.75) is 0 Å². The van der Waals surface area contributed by atoms with Gasteiger partial charge in [0.1, 0.15) is 5.57 Å². The lowest BCUT2D eigenvalue weighted by atomic mass is 10.1. The van der Waals surface area contributed by atoms with Gasteiger partial charge in [-0.1, -0.05) is 51.3 Å². The van der Waals surface area contributed by atoms with Crippen molar-refractivity contribution in [3.8, 4) is 0 Å². The standard InChI is InChI=1S/C17H9BrCl2N2O2S/c18-10-3-1-9(2-4-10)7-12-15(23)21-17(25)22(16(12)24)14-6-5-11(19)8-13(14)20/h1-8H,(H,21,23,25)/b12-7+. The average Bonchev–Trinajstić information content (AvgIpc) is 2.55. The molecule has 2 amide bonds. The highest BCUT2D eigenvalue weighted by atomic mass is 79.9. The van der Waals surface area contributed by atoms with Crippen LogP contribution in [0.5, 0.6) is 0 Å². The van der Waals surface area contributed by atoms with Gasteiger partial charge in [-0.2, -0.15) is 0 Å². The van der Waals surface area contributed by atoms with Gasteiger partial charge in [-0.15, -0.1) is 0 Å². The molecule has 1 aliphatic rings. The van der Waals surface area contributed by atoms with E-state index < -0.39 is 11.8 Å². The molecule has 0 spiro atoms. The van der Waals surface area contributed by atoms with E-state index in [-0.39, 0.29) is 15.7 Å². The maximum absolute atomic E-state index is 12.9. The molecule has 4 nitrogen and oxygen atoms in total. The molecule has 1 heterocycles. The fraction of sp³-hybridized carbons (Fsp3) is 0. The molecular formula is C17H9BrCl2N2O2S. The molecule has 3 rings (SSSR count). The van der Waals surface area contributed by atoms with Crippen molar-refractivity contribution >= 4 is 80.0 Å². The molecule has 0 saturated carbocycles. The van der Waals surface area contributed by atoms with Crippen LogP contribution >= 0.6 is 51.3 Å². The van der Waals surface area contributed by atoms with E-state index >= 15 is 0 Å². The van der Waals surface area contributed by atoms with Gasteiger partial charge >= 0.3 is 0 Å². The van der Waals surface area contributed by atoms with Crippen LogP contribution in [0.25, 0.3) is 6.08 Å². The van der Waals surface area contributed by atoms with E-state index in [1.165, 1.54) is 17.0 Å². The van der Waals surface area contributed by atoms with Crippen molar-refractivity contribution in [1.29, 1.82) is 0 Å². The smallest absolute Gasteiger partial charge is 0.270 e. The van der Waals surface area contributed by atoms with Crippen molar-refractivity contribution < 1.29 is 9.59 Å². The summed E-state index contributed by atoms with van der Waals surface area (Å²) >= 11 is 20.6. The van der Waals surface area contributed by atoms with Crippen LogP contribution in [0.2, 0.25) is 10.0 Å². The summed E-state index contributed by atoms with van der Waals surface area (Å²) in [5, 5.41) is 3.16. The molecular weight excluding hydrogens is 447 g/mol. The zero-order valence-corrected chi connectivity index (χ0v) is 16.3. The number of nitrogens with one attached hydrogen (secondary N) is 1. The molecule has 0 unspecified atom stereocenters. The highest BCUT2D eigenvalue weighted by Crippen LogP contribution is 2.31. The summed E-state index contributed by atoms with van der Waals surface area (Å²) in [5.41, 5.74) is 1.02. The molecule has 1 N–H and O–H groups in total. The molecule has 2 aromatic rings. The third-order valence-corrected chi connectivity index (χ3v) is 4.78. The molecule has 1 fully saturated rings. The van der Waals surface area contributed by atoms with Crippen molar-refractivity contribution in [1.82, 2.24) is 5.32 Å². The molecule has 8 heteroatoms. The number of benzene rings is 2. The van der Waals surface area contributed by atoms with Crippen LogP contribution in [0.15, 0.2) is 52.5 Å². The van der Waals surface area contributed by atoms with E-state index in [0.29, 0.717) is 16.3 Å². The molecule has 1 saturated heterocycles. The van der Waals surface area contributed by atoms with Gasteiger partial charge in [-0.25, -0.2) is 0 Å². The van der Waals surface area contributed by atoms with Crippen molar-refractivity contribution in [2.24, 2.45) is 0 Å². The number of halogens is 3. The minimum Gasteiger partial charge on any atom is -0.298 e. The van der Waals surface area contributed by atoms with Crippen LogP contribution in [0.4, 0.5) is 5.69 Å². The Morgan fingerprint density at radius 3 is 2.40 bits per heavy atom. The van der Waals surface area contributed by atoms with Crippen LogP contribution in [-0.4, -0.2) is 16.9 Å². The molecule has 0 bridgehead atoms. The van der Waals surface area contributed by atoms with E-state index in [0.717, 1.165) is 4.47 Å². The summed E-state index contributed by atoms with van der Waals surface area (Å²) in [6.45, 7) is 0. The number of carbonyl (C=O) groups excluding carboxylic acids is 2. The first-order valence-electron chi connectivity index (χ1n) is 6.99. The van der Waals surface area contributed by atoms with Crippen LogP contribution in [0, 0.1) is 0 Å². The van der Waals surface area contributed by atoms with Gasteiger partial charge in [0.05, 0.1) is 10.7 Å². The van der Waals surface area contributed by atoms with Gasteiger partial charge in [0.25, 0.3) is 11.8 Å². The highest BCUT2D eigenvalue weighted by Gasteiger charge is 2.35. The van der Waals surface area contributed by atoms with Gasteiger partial charge in [-0.3, -0.25) is 19.8 Å². The summed E-state index contributed by atoms with van der Waals surface area (Å²) in [6.07, 6.45) is 1.50. The zero-order chi connectivity index (χ0) is 18.1. The predicted molar refractivity (Wildman–Crippen MR) is 107 cm³/mol. The molecule has 1 aliphatic heterocycles. The fourth-order valence-corrected chi connectivity index (χ4v) is 3.30. The Kier molecular flexibility index (Phi) is 5.24. The lowest BCUT2D eigenvalue weighted by molar-refractivity contribution is -0.122. The topological polar surface area (TPSA) is 49.4 Å². The Morgan fingerprint density at radius 1 is 1.08 bits per heavy atom. The first-order valence-corrected chi connectivity index (χ1v) is 8.94. The number of anilines is 1. The average molecular weight is 456 g/mol. The van der Waals surface area contributed by atoms with E-state index in [2.05, 4.69) is 21.2 Å². The molecule has 25 heavy (non-hydrogen) atoms. The van der Waals surface area contributed by atoms with E-state index in [4.69, 9.17) is 35.4 Å². The summed E-state index contributed by atoms with van der Waals surface area (Å²) in [5.74, 6) is -1.11. The minimum atomic E-state index is -0.556. The van der Waals surface area contributed by atoms with Gasteiger partial charge < -0.3 is 0 Å². The number of nitrogens with zero attached hydrogens (tertiary/aromatic N) is 1. The second-order valence-corrected chi connectivity index (χ2v) is 7.25. The van der Waals surface area contributed by atoms with Crippen molar-refractivity contribution in [2.75, 3.05) is 4.90 Å². The Hall–Kier alpha value is -1.73. The van der Waals surface area contributed by atoms with Gasteiger partial charge in [0.2, 0.25) is 0 Å². The van der Waals surface area contributed by atoms with Crippen LogP contribution in [-0.2, 0) is 9.59 Å². The Morgan fingerprint density at radius 2 is 1.76 bits per heavy atom. The summed E-state index contributed by atoms with van der Waals surface area (Å²) in [7, 11) is 0. The molecule has 0 radical (unpaired) electrons. The number of carbonyl (C=O) groups is 2. The third-order valence-electron chi connectivity index (χ3n) is 3.43. The third kappa shape index (κ3) is 3.77. The van der Waals surface area contributed by atoms with Crippen molar-refractivity contribution in [3.63, 3.8) is 0 Å². The van der Waals surface area contributed by atoms with Crippen molar-refractivity contribution in [3.05, 3.63) is 68.1 Å². The van der Waals surface area contributed by atoms with Gasteiger partial charge in [0.15, 0.2) is 5.11 Å². The SMILES string of the molecule is O=C1NC(=S)N(c2ccc(Cl)cc2Cl)C(=O)/C1=C/c1ccc(Br)cc1. The van der Waals surface area contributed by atoms with Gasteiger partial charge in [-0.05, 0) is 54.2 Å². The monoisotopic (exact) mass is 454 g/mol. The Balaban J connectivity index is 2.03. The second kappa shape index (κ2) is 7.25. The van der Waals surface area contributed by atoms with E-state index in [9.17, 15) is 9.59 Å². The molecule has 0 aliphatic carbocycles. The molecule has 126 valence electrons. The van der Waals surface area contributed by atoms with Crippen LogP contribution in [0.1, 0.15) is 5.56 Å². The lowest BCUT2D eigenvalue weighted by Crippen LogP contribution is -2.54. The number of rotatable bonds is 2. The first kappa shape index (κ1) is 18.1. The van der Waals surface area contributed by atoms with Crippen LogP contribution < -0.4 is 10.2 Å². The molecule has 0 aromatic heterocycles. The van der Waals surface area contributed by atoms with Crippen LogP contribution in [0.3, 0.4) is 0 Å². The summed E-state index contributed by atoms with van der Waals surface area (Å²) in [4.78, 5) is 26.3.